The molecule has 0 saturated carbocycles. The zero-order valence-corrected chi connectivity index (χ0v) is 12.7. The summed E-state index contributed by atoms with van der Waals surface area (Å²) in [6.45, 7) is 0.683. The fourth-order valence-corrected chi connectivity index (χ4v) is 2.57. The first kappa shape index (κ1) is 14.0. The maximum Gasteiger partial charge on any atom is 0.183 e. The van der Waals surface area contributed by atoms with Gasteiger partial charge in [-0.15, -0.1) is 11.3 Å². The van der Waals surface area contributed by atoms with Gasteiger partial charge >= 0.3 is 0 Å². The van der Waals surface area contributed by atoms with Crippen LogP contribution in [0.2, 0.25) is 4.47 Å². The highest BCUT2D eigenvalue weighted by molar-refractivity contribution is 7.15. The van der Waals surface area contributed by atoms with Crippen molar-refractivity contribution >= 4 is 34.3 Å². The largest absolute Gasteiger partial charge is 0.495 e. The van der Waals surface area contributed by atoms with E-state index in [-0.39, 0.29) is 0 Å². The molecule has 0 aliphatic carbocycles. The quantitative estimate of drug-likeness (QED) is 0.917. The van der Waals surface area contributed by atoms with Crippen molar-refractivity contribution in [2.45, 2.75) is 6.54 Å². The summed E-state index contributed by atoms with van der Waals surface area (Å²) in [4.78, 5) is 7.14. The number of thiazole rings is 1. The highest BCUT2D eigenvalue weighted by atomic mass is 35.5. The van der Waals surface area contributed by atoms with Crippen molar-refractivity contribution in [2.75, 3.05) is 31.4 Å². The fraction of sp³-hybridized carbons (Fsp3) is 0.308. The topological polar surface area (TPSA) is 37.4 Å². The molecule has 1 N–H and O–H groups in total. The highest BCUT2D eigenvalue weighted by Crippen LogP contribution is 2.30. The Labute approximate surface area is 122 Å². The second kappa shape index (κ2) is 6.12. The van der Waals surface area contributed by atoms with E-state index < -0.39 is 0 Å². The Hall–Kier alpha value is -1.46. The van der Waals surface area contributed by atoms with Gasteiger partial charge in [0.25, 0.3) is 0 Å². The Kier molecular flexibility index (Phi) is 4.50. The van der Waals surface area contributed by atoms with E-state index in [9.17, 15) is 0 Å². The molecule has 102 valence electrons. The Morgan fingerprint density at radius 3 is 2.79 bits per heavy atom. The van der Waals surface area contributed by atoms with Crippen molar-refractivity contribution in [3.63, 3.8) is 0 Å². The molecule has 2 rings (SSSR count). The molecule has 0 bridgehead atoms. The third kappa shape index (κ3) is 3.52. The summed E-state index contributed by atoms with van der Waals surface area (Å²) in [5, 5.41) is 3.33. The van der Waals surface area contributed by atoms with E-state index in [0.717, 1.165) is 22.0 Å². The molecule has 4 nitrogen and oxygen atoms in total. The molecular formula is C13H16ClN3OS. The van der Waals surface area contributed by atoms with E-state index >= 15 is 0 Å². The van der Waals surface area contributed by atoms with Crippen LogP contribution in [-0.4, -0.2) is 26.2 Å². The van der Waals surface area contributed by atoms with Crippen molar-refractivity contribution in [1.29, 1.82) is 0 Å². The van der Waals surface area contributed by atoms with Crippen molar-refractivity contribution < 1.29 is 4.74 Å². The minimum atomic E-state index is 0.562. The number of hydrogen-bond donors (Lipinski definition) is 1. The molecule has 0 unspecified atom stereocenters. The average molecular weight is 298 g/mol. The first-order chi connectivity index (χ1) is 9.10. The van der Waals surface area contributed by atoms with Gasteiger partial charge in [0.1, 0.15) is 5.75 Å². The van der Waals surface area contributed by atoms with Gasteiger partial charge in [-0.05, 0) is 12.1 Å². The summed E-state index contributed by atoms with van der Waals surface area (Å²) in [6, 6.07) is 6.06. The Morgan fingerprint density at radius 1 is 1.42 bits per heavy atom. The maximum atomic E-state index is 5.81. The van der Waals surface area contributed by atoms with E-state index in [1.807, 2.05) is 37.2 Å². The standard InChI is InChI=1S/C13H16ClN3OS/c1-17(2)9-4-5-11(12(6-9)18-3)15-7-10-8-16-13(14)19-10/h4-6,8,15H,7H2,1-3H3. The number of rotatable bonds is 5. The molecule has 0 spiro atoms. The molecule has 0 aliphatic rings. The summed E-state index contributed by atoms with van der Waals surface area (Å²) in [6.07, 6.45) is 1.78. The molecule has 19 heavy (non-hydrogen) atoms. The highest BCUT2D eigenvalue weighted by Gasteiger charge is 2.06. The lowest BCUT2D eigenvalue weighted by Crippen LogP contribution is -2.09. The summed E-state index contributed by atoms with van der Waals surface area (Å²) < 4.78 is 5.96. The number of ether oxygens (including phenoxy) is 1. The normalized spacial score (nSPS) is 10.3. The van der Waals surface area contributed by atoms with Gasteiger partial charge in [-0.2, -0.15) is 0 Å². The van der Waals surface area contributed by atoms with Crippen LogP contribution in [0.5, 0.6) is 5.75 Å². The summed E-state index contributed by atoms with van der Waals surface area (Å²) in [5.74, 6) is 0.821. The minimum absolute atomic E-state index is 0.562. The van der Waals surface area contributed by atoms with Crippen LogP contribution in [0.25, 0.3) is 0 Å². The van der Waals surface area contributed by atoms with E-state index in [2.05, 4.69) is 10.3 Å². The third-order valence-electron chi connectivity index (χ3n) is 2.68. The molecule has 0 aliphatic heterocycles. The predicted octanol–water partition coefficient (Wildman–Crippen LogP) is 3.48. The lowest BCUT2D eigenvalue weighted by molar-refractivity contribution is 0.416. The Morgan fingerprint density at radius 2 is 2.21 bits per heavy atom. The molecular weight excluding hydrogens is 282 g/mol. The van der Waals surface area contributed by atoms with Crippen molar-refractivity contribution in [2.24, 2.45) is 0 Å². The smallest absolute Gasteiger partial charge is 0.183 e. The summed E-state index contributed by atoms with van der Waals surface area (Å²) in [7, 11) is 5.67. The summed E-state index contributed by atoms with van der Waals surface area (Å²) in [5.41, 5.74) is 2.06. The second-order valence-corrected chi connectivity index (χ2v) is 5.91. The SMILES string of the molecule is COc1cc(N(C)C)ccc1NCc1cnc(Cl)s1. The number of aromatic nitrogens is 1. The van der Waals surface area contributed by atoms with Crippen LogP contribution in [-0.2, 0) is 6.54 Å². The molecule has 1 aromatic carbocycles. The lowest BCUT2D eigenvalue weighted by atomic mass is 10.2. The van der Waals surface area contributed by atoms with E-state index in [1.165, 1.54) is 11.3 Å². The molecule has 6 heteroatoms. The first-order valence-electron chi connectivity index (χ1n) is 5.79. The van der Waals surface area contributed by atoms with Gasteiger partial charge in [-0.25, -0.2) is 4.98 Å². The van der Waals surface area contributed by atoms with E-state index in [0.29, 0.717) is 11.0 Å². The van der Waals surface area contributed by atoms with Crippen LogP contribution < -0.4 is 15.0 Å². The monoisotopic (exact) mass is 297 g/mol. The van der Waals surface area contributed by atoms with Crippen molar-refractivity contribution in [3.05, 3.63) is 33.7 Å². The summed E-state index contributed by atoms with van der Waals surface area (Å²) >= 11 is 7.28. The fourth-order valence-electron chi connectivity index (χ4n) is 1.65. The van der Waals surface area contributed by atoms with Crippen LogP contribution >= 0.6 is 22.9 Å². The average Bonchev–Trinajstić information content (AvgIpc) is 2.81. The molecule has 1 aromatic heterocycles. The zero-order valence-electron chi connectivity index (χ0n) is 11.1. The molecule has 0 atom stereocenters. The molecule has 0 radical (unpaired) electrons. The number of halogens is 1. The number of nitrogens with zero attached hydrogens (tertiary/aromatic N) is 2. The Balaban J connectivity index is 2.11. The number of methoxy groups -OCH3 is 1. The van der Waals surface area contributed by atoms with Gasteiger partial charge in [-0.3, -0.25) is 0 Å². The first-order valence-corrected chi connectivity index (χ1v) is 6.99. The van der Waals surface area contributed by atoms with Crippen LogP contribution in [0.3, 0.4) is 0 Å². The maximum absolute atomic E-state index is 5.81. The van der Waals surface area contributed by atoms with Gasteiger partial charge in [0.15, 0.2) is 4.47 Å². The third-order valence-corrected chi connectivity index (χ3v) is 3.79. The van der Waals surface area contributed by atoms with E-state index in [4.69, 9.17) is 16.3 Å². The molecule has 0 fully saturated rings. The zero-order chi connectivity index (χ0) is 13.8. The second-order valence-electron chi connectivity index (χ2n) is 4.21. The predicted molar refractivity (Wildman–Crippen MR) is 81.8 cm³/mol. The number of anilines is 2. The van der Waals surface area contributed by atoms with Crippen LogP contribution in [0.4, 0.5) is 11.4 Å². The van der Waals surface area contributed by atoms with Crippen LogP contribution in [0.15, 0.2) is 24.4 Å². The van der Waals surface area contributed by atoms with E-state index in [1.54, 1.807) is 13.3 Å². The molecule has 0 amide bonds. The van der Waals surface area contributed by atoms with Gasteiger partial charge in [0.05, 0.1) is 19.3 Å². The van der Waals surface area contributed by atoms with Crippen molar-refractivity contribution in [3.8, 4) is 5.75 Å². The number of hydrogen-bond acceptors (Lipinski definition) is 5. The Bertz CT molecular complexity index is 557. The van der Waals surface area contributed by atoms with Gasteiger partial charge in [0, 0.05) is 36.9 Å². The molecule has 0 saturated heterocycles. The number of benzene rings is 1. The molecule has 2 aromatic rings. The lowest BCUT2D eigenvalue weighted by Gasteiger charge is -2.16. The van der Waals surface area contributed by atoms with Crippen molar-refractivity contribution in [1.82, 2.24) is 4.98 Å². The molecule has 1 heterocycles. The van der Waals surface area contributed by atoms with Crippen LogP contribution in [0, 0.1) is 0 Å². The van der Waals surface area contributed by atoms with Gasteiger partial charge in [0.2, 0.25) is 0 Å². The van der Waals surface area contributed by atoms with Gasteiger partial charge in [-0.1, -0.05) is 11.6 Å². The number of nitrogens with one attached hydrogen (secondary N) is 1. The van der Waals surface area contributed by atoms with Crippen LogP contribution in [0.1, 0.15) is 4.88 Å². The van der Waals surface area contributed by atoms with Gasteiger partial charge < -0.3 is 15.0 Å². The minimum Gasteiger partial charge on any atom is -0.495 e.